The predicted molar refractivity (Wildman–Crippen MR) is 101 cm³/mol. The van der Waals surface area contributed by atoms with Gasteiger partial charge in [0.15, 0.2) is 0 Å². The van der Waals surface area contributed by atoms with E-state index in [1.807, 2.05) is 37.4 Å². The van der Waals surface area contributed by atoms with Crippen LogP contribution in [0.2, 0.25) is 5.02 Å². The second kappa shape index (κ2) is 8.61. The van der Waals surface area contributed by atoms with Gasteiger partial charge in [-0.25, -0.2) is 9.97 Å². The lowest BCUT2D eigenvalue weighted by Crippen LogP contribution is -2.41. The van der Waals surface area contributed by atoms with Crippen molar-refractivity contribution in [2.75, 3.05) is 38.2 Å². The summed E-state index contributed by atoms with van der Waals surface area (Å²) in [7, 11) is 0. The summed E-state index contributed by atoms with van der Waals surface area (Å²) in [6, 6.07) is 10.1. The molecule has 0 aliphatic carbocycles. The van der Waals surface area contributed by atoms with Gasteiger partial charge in [-0.2, -0.15) is 0 Å². The molecule has 5 nitrogen and oxygen atoms in total. The second-order valence-electron chi connectivity index (χ2n) is 6.20. The molecule has 0 spiro atoms. The van der Waals surface area contributed by atoms with Crippen molar-refractivity contribution in [2.45, 2.75) is 25.2 Å². The van der Waals surface area contributed by atoms with Crippen LogP contribution in [-0.2, 0) is 10.2 Å². The molecule has 2 N–H and O–H groups in total. The SMILES string of the molecule is CCOCCNc1nccc(C2(c3ccccc3Cl)CCNCC2)n1. The van der Waals surface area contributed by atoms with Crippen molar-refractivity contribution in [1.29, 1.82) is 0 Å². The molecule has 6 heteroatoms. The van der Waals surface area contributed by atoms with Crippen LogP contribution in [0.3, 0.4) is 0 Å². The Balaban J connectivity index is 1.91. The largest absolute Gasteiger partial charge is 0.380 e. The topological polar surface area (TPSA) is 59.1 Å². The van der Waals surface area contributed by atoms with E-state index in [0.29, 0.717) is 25.7 Å². The summed E-state index contributed by atoms with van der Waals surface area (Å²) in [6.45, 7) is 5.93. The normalized spacial score (nSPS) is 16.6. The van der Waals surface area contributed by atoms with Crippen molar-refractivity contribution in [2.24, 2.45) is 0 Å². The van der Waals surface area contributed by atoms with Crippen LogP contribution in [0.5, 0.6) is 0 Å². The van der Waals surface area contributed by atoms with Gasteiger partial charge in [-0.1, -0.05) is 29.8 Å². The van der Waals surface area contributed by atoms with E-state index in [0.717, 1.165) is 42.2 Å². The number of ether oxygens (including phenoxy) is 1. The zero-order chi connectivity index (χ0) is 17.5. The Hall–Kier alpha value is -1.69. The van der Waals surface area contributed by atoms with Crippen molar-refractivity contribution < 1.29 is 4.74 Å². The smallest absolute Gasteiger partial charge is 0.222 e. The maximum Gasteiger partial charge on any atom is 0.222 e. The molecule has 3 rings (SSSR count). The number of hydrogen-bond donors (Lipinski definition) is 2. The first-order chi connectivity index (χ1) is 12.3. The summed E-state index contributed by atoms with van der Waals surface area (Å²) < 4.78 is 5.36. The summed E-state index contributed by atoms with van der Waals surface area (Å²) in [5, 5.41) is 7.49. The van der Waals surface area contributed by atoms with Gasteiger partial charge in [0.1, 0.15) is 0 Å². The standard InChI is InChI=1S/C19H25ClN4O/c1-2-25-14-13-23-18-22-10-7-17(24-18)19(8-11-21-12-9-19)15-5-3-4-6-16(15)20/h3-7,10,21H,2,8-9,11-14H2,1H3,(H,22,23,24). The Morgan fingerprint density at radius 3 is 2.80 bits per heavy atom. The van der Waals surface area contributed by atoms with E-state index in [1.54, 1.807) is 0 Å². The number of nitrogens with one attached hydrogen (secondary N) is 2. The number of piperidine rings is 1. The fourth-order valence-electron chi connectivity index (χ4n) is 3.46. The molecular formula is C19H25ClN4O. The Kier molecular flexibility index (Phi) is 6.24. The van der Waals surface area contributed by atoms with Crippen LogP contribution < -0.4 is 10.6 Å². The van der Waals surface area contributed by atoms with Crippen molar-refractivity contribution in [3.63, 3.8) is 0 Å². The van der Waals surface area contributed by atoms with Crippen LogP contribution in [0.4, 0.5) is 5.95 Å². The molecule has 1 fully saturated rings. The van der Waals surface area contributed by atoms with Crippen molar-refractivity contribution in [1.82, 2.24) is 15.3 Å². The molecule has 1 aliphatic heterocycles. The molecule has 0 saturated carbocycles. The molecule has 0 unspecified atom stereocenters. The molecule has 1 aromatic carbocycles. The lowest BCUT2D eigenvalue weighted by molar-refractivity contribution is 0.158. The van der Waals surface area contributed by atoms with Gasteiger partial charge in [0.25, 0.3) is 0 Å². The quantitative estimate of drug-likeness (QED) is 0.742. The first-order valence-corrected chi connectivity index (χ1v) is 9.25. The third-order valence-corrected chi connectivity index (χ3v) is 5.06. The first kappa shape index (κ1) is 18.1. The minimum absolute atomic E-state index is 0.178. The zero-order valence-corrected chi connectivity index (χ0v) is 15.4. The monoisotopic (exact) mass is 360 g/mol. The van der Waals surface area contributed by atoms with Gasteiger partial charge in [-0.05, 0) is 50.6 Å². The van der Waals surface area contributed by atoms with E-state index in [4.69, 9.17) is 21.3 Å². The number of halogens is 1. The Morgan fingerprint density at radius 1 is 1.24 bits per heavy atom. The molecule has 2 aromatic rings. The van der Waals surface area contributed by atoms with Crippen LogP contribution in [0, 0.1) is 0 Å². The molecule has 1 saturated heterocycles. The molecule has 1 aromatic heterocycles. The number of benzene rings is 1. The van der Waals surface area contributed by atoms with Crippen LogP contribution >= 0.6 is 11.6 Å². The molecule has 2 heterocycles. The Bertz CT molecular complexity index is 689. The second-order valence-corrected chi connectivity index (χ2v) is 6.61. The number of rotatable bonds is 7. The number of aromatic nitrogens is 2. The van der Waals surface area contributed by atoms with Crippen LogP contribution in [-0.4, -0.2) is 42.8 Å². The van der Waals surface area contributed by atoms with E-state index in [9.17, 15) is 0 Å². The minimum atomic E-state index is -0.178. The highest BCUT2D eigenvalue weighted by Crippen LogP contribution is 2.42. The molecular weight excluding hydrogens is 336 g/mol. The maximum atomic E-state index is 6.56. The number of nitrogens with zero attached hydrogens (tertiary/aromatic N) is 2. The minimum Gasteiger partial charge on any atom is -0.380 e. The predicted octanol–water partition coefficient (Wildman–Crippen LogP) is 3.25. The highest BCUT2D eigenvalue weighted by Gasteiger charge is 2.38. The summed E-state index contributed by atoms with van der Waals surface area (Å²) in [5.74, 6) is 0.641. The van der Waals surface area contributed by atoms with Gasteiger partial charge in [0.05, 0.1) is 12.3 Å². The van der Waals surface area contributed by atoms with Gasteiger partial charge in [0, 0.05) is 29.8 Å². The Morgan fingerprint density at radius 2 is 2.04 bits per heavy atom. The molecule has 0 radical (unpaired) electrons. The first-order valence-electron chi connectivity index (χ1n) is 8.87. The summed E-state index contributed by atoms with van der Waals surface area (Å²) in [4.78, 5) is 9.17. The molecule has 0 bridgehead atoms. The van der Waals surface area contributed by atoms with E-state index >= 15 is 0 Å². The molecule has 134 valence electrons. The summed E-state index contributed by atoms with van der Waals surface area (Å²) in [5.41, 5.74) is 2.00. The average Bonchev–Trinajstić information content (AvgIpc) is 2.66. The van der Waals surface area contributed by atoms with Crippen molar-refractivity contribution >= 4 is 17.5 Å². The third-order valence-electron chi connectivity index (χ3n) is 4.73. The van der Waals surface area contributed by atoms with E-state index < -0.39 is 0 Å². The lowest BCUT2D eigenvalue weighted by Gasteiger charge is -2.38. The van der Waals surface area contributed by atoms with Gasteiger partial charge in [-0.15, -0.1) is 0 Å². The van der Waals surface area contributed by atoms with Gasteiger partial charge >= 0.3 is 0 Å². The summed E-state index contributed by atoms with van der Waals surface area (Å²) in [6.07, 6.45) is 3.75. The maximum absolute atomic E-state index is 6.56. The number of hydrogen-bond acceptors (Lipinski definition) is 5. The lowest BCUT2D eigenvalue weighted by atomic mass is 9.70. The molecule has 0 atom stereocenters. The highest BCUT2D eigenvalue weighted by molar-refractivity contribution is 6.31. The fourth-order valence-corrected chi connectivity index (χ4v) is 3.77. The highest BCUT2D eigenvalue weighted by atomic mass is 35.5. The fraction of sp³-hybridized carbons (Fsp3) is 0.474. The van der Waals surface area contributed by atoms with E-state index in [1.165, 1.54) is 0 Å². The van der Waals surface area contributed by atoms with E-state index in [-0.39, 0.29) is 5.41 Å². The molecule has 25 heavy (non-hydrogen) atoms. The Labute approximate surface area is 154 Å². The summed E-state index contributed by atoms with van der Waals surface area (Å²) >= 11 is 6.56. The number of anilines is 1. The van der Waals surface area contributed by atoms with Crippen LogP contribution in [0.25, 0.3) is 0 Å². The van der Waals surface area contributed by atoms with Gasteiger partial charge < -0.3 is 15.4 Å². The average molecular weight is 361 g/mol. The van der Waals surface area contributed by atoms with E-state index in [2.05, 4.69) is 21.7 Å². The zero-order valence-electron chi connectivity index (χ0n) is 14.6. The van der Waals surface area contributed by atoms with Gasteiger partial charge in [0.2, 0.25) is 5.95 Å². The van der Waals surface area contributed by atoms with Crippen LogP contribution in [0.1, 0.15) is 31.0 Å². The molecule has 1 aliphatic rings. The molecule has 0 amide bonds. The van der Waals surface area contributed by atoms with Crippen LogP contribution in [0.15, 0.2) is 36.5 Å². The van der Waals surface area contributed by atoms with Crippen molar-refractivity contribution in [3.8, 4) is 0 Å². The third kappa shape index (κ3) is 4.11. The van der Waals surface area contributed by atoms with Gasteiger partial charge in [-0.3, -0.25) is 0 Å². The van der Waals surface area contributed by atoms with Crippen molar-refractivity contribution in [3.05, 3.63) is 52.8 Å².